The Kier molecular flexibility index (Phi) is 5.57. The average Bonchev–Trinajstić information content (AvgIpc) is 3.41. The van der Waals surface area contributed by atoms with Gasteiger partial charge < -0.3 is 9.80 Å². The fourth-order valence-electron chi connectivity index (χ4n) is 4.89. The molecule has 2 amide bonds. The number of carbonyl (C=O) groups is 2. The maximum atomic E-state index is 13.6. The first-order valence-electron chi connectivity index (χ1n) is 11.4. The molecule has 31 heavy (non-hydrogen) atoms. The van der Waals surface area contributed by atoms with Crippen LogP contribution in [0.1, 0.15) is 43.9 Å². The van der Waals surface area contributed by atoms with Crippen LogP contribution in [0.15, 0.2) is 47.5 Å². The first kappa shape index (κ1) is 20.3. The number of thiophene rings is 1. The number of anilines is 2. The van der Waals surface area contributed by atoms with Gasteiger partial charge in [-0.05, 0) is 73.7 Å². The van der Waals surface area contributed by atoms with Crippen molar-refractivity contribution in [2.24, 2.45) is 5.92 Å². The van der Waals surface area contributed by atoms with E-state index < -0.39 is 0 Å². The van der Waals surface area contributed by atoms with Crippen LogP contribution in [-0.4, -0.2) is 42.9 Å². The molecule has 0 bridgehead atoms. The van der Waals surface area contributed by atoms with Crippen LogP contribution in [0, 0.1) is 5.92 Å². The zero-order valence-electron chi connectivity index (χ0n) is 18.0. The van der Waals surface area contributed by atoms with Crippen molar-refractivity contribution in [2.45, 2.75) is 39.0 Å². The molecule has 0 saturated carbocycles. The highest BCUT2D eigenvalue weighted by Crippen LogP contribution is 2.38. The number of benzene rings is 1. The molecule has 2 saturated heterocycles. The molecule has 0 aliphatic carbocycles. The lowest BCUT2D eigenvalue weighted by molar-refractivity contribution is -0.120. The van der Waals surface area contributed by atoms with E-state index in [4.69, 9.17) is 0 Å². The van der Waals surface area contributed by atoms with Gasteiger partial charge in [0.25, 0.3) is 11.8 Å². The van der Waals surface area contributed by atoms with Gasteiger partial charge in [0.1, 0.15) is 5.70 Å². The van der Waals surface area contributed by atoms with Crippen molar-refractivity contribution in [3.8, 4) is 0 Å². The molecule has 162 valence electrons. The molecular formula is C25H29N3O2S. The van der Waals surface area contributed by atoms with E-state index >= 15 is 0 Å². The van der Waals surface area contributed by atoms with Gasteiger partial charge in [-0.1, -0.05) is 13.0 Å². The average molecular weight is 436 g/mol. The van der Waals surface area contributed by atoms with Gasteiger partial charge in [-0.3, -0.25) is 9.59 Å². The monoisotopic (exact) mass is 435 g/mol. The standard InChI is InChI=1S/C25H29N3O2S/c1-18-11-15-27(16-12-18)23-22(21-6-5-17-31-21)24(29)28(25(23)30)20-9-7-19(8-10-20)26-13-3-2-4-14-26/h5-10,17-18H,2-4,11-16H2,1H3. The fourth-order valence-corrected chi connectivity index (χ4v) is 5.65. The van der Waals surface area contributed by atoms with Crippen LogP contribution in [0.2, 0.25) is 0 Å². The van der Waals surface area contributed by atoms with Crippen LogP contribution >= 0.6 is 11.3 Å². The molecule has 0 spiro atoms. The molecule has 0 unspecified atom stereocenters. The number of rotatable bonds is 4. The maximum absolute atomic E-state index is 13.6. The minimum Gasteiger partial charge on any atom is -0.372 e. The van der Waals surface area contributed by atoms with Crippen molar-refractivity contribution in [1.29, 1.82) is 0 Å². The van der Waals surface area contributed by atoms with Crippen LogP contribution in [0.25, 0.3) is 5.57 Å². The zero-order valence-corrected chi connectivity index (χ0v) is 18.9. The van der Waals surface area contributed by atoms with Crippen molar-refractivity contribution < 1.29 is 9.59 Å². The normalized spacial score (nSPS) is 20.9. The summed E-state index contributed by atoms with van der Waals surface area (Å²) in [5.41, 5.74) is 2.97. The van der Waals surface area contributed by atoms with Crippen LogP contribution in [0.5, 0.6) is 0 Å². The van der Waals surface area contributed by atoms with E-state index in [9.17, 15) is 9.59 Å². The van der Waals surface area contributed by atoms with Gasteiger partial charge in [-0.25, -0.2) is 4.90 Å². The van der Waals surface area contributed by atoms with E-state index in [1.807, 2.05) is 41.8 Å². The molecule has 0 atom stereocenters. The first-order valence-corrected chi connectivity index (χ1v) is 12.3. The lowest BCUT2D eigenvalue weighted by Gasteiger charge is -2.32. The topological polar surface area (TPSA) is 43.9 Å². The van der Waals surface area contributed by atoms with Crippen LogP contribution in [-0.2, 0) is 9.59 Å². The highest BCUT2D eigenvalue weighted by Gasteiger charge is 2.43. The second kappa shape index (κ2) is 8.50. The number of piperidine rings is 2. The van der Waals surface area contributed by atoms with Crippen LogP contribution in [0.4, 0.5) is 11.4 Å². The molecule has 4 heterocycles. The number of hydrogen-bond acceptors (Lipinski definition) is 5. The third kappa shape index (κ3) is 3.78. The number of imide groups is 1. The Morgan fingerprint density at radius 2 is 1.48 bits per heavy atom. The maximum Gasteiger partial charge on any atom is 0.282 e. The highest BCUT2D eigenvalue weighted by atomic mass is 32.1. The smallest absolute Gasteiger partial charge is 0.282 e. The number of carbonyl (C=O) groups excluding carboxylic acids is 2. The minimum atomic E-state index is -0.202. The Balaban J connectivity index is 1.46. The minimum absolute atomic E-state index is 0.186. The van der Waals surface area contributed by atoms with Crippen LogP contribution in [0.3, 0.4) is 0 Å². The number of nitrogens with zero attached hydrogens (tertiary/aromatic N) is 3. The third-order valence-electron chi connectivity index (χ3n) is 6.76. The number of likely N-dealkylation sites (tertiary alicyclic amines) is 1. The summed E-state index contributed by atoms with van der Waals surface area (Å²) < 4.78 is 0. The second-order valence-electron chi connectivity index (χ2n) is 8.88. The van der Waals surface area contributed by atoms with E-state index in [1.165, 1.54) is 41.2 Å². The van der Waals surface area contributed by atoms with Gasteiger partial charge in [0.05, 0.1) is 11.3 Å². The summed E-state index contributed by atoms with van der Waals surface area (Å²) in [5, 5.41) is 1.96. The Labute approximate surface area is 187 Å². The molecule has 2 fully saturated rings. The molecular weight excluding hydrogens is 406 g/mol. The van der Waals surface area contributed by atoms with Crippen molar-refractivity contribution in [3.63, 3.8) is 0 Å². The molecule has 0 radical (unpaired) electrons. The van der Waals surface area contributed by atoms with Crippen LogP contribution < -0.4 is 9.80 Å². The Morgan fingerprint density at radius 1 is 0.806 bits per heavy atom. The molecule has 0 N–H and O–H groups in total. The quantitative estimate of drug-likeness (QED) is 0.650. The lowest BCUT2D eigenvalue weighted by Crippen LogP contribution is -2.38. The Hall–Kier alpha value is -2.60. The SMILES string of the molecule is CC1CCN(C2=C(c3cccs3)C(=O)N(c3ccc(N4CCCCC4)cc3)C2=O)CC1. The van der Waals surface area contributed by atoms with Crippen molar-refractivity contribution >= 4 is 40.1 Å². The van der Waals surface area contributed by atoms with Crippen molar-refractivity contribution in [2.75, 3.05) is 36.0 Å². The summed E-state index contributed by atoms with van der Waals surface area (Å²) in [4.78, 5) is 33.9. The van der Waals surface area contributed by atoms with Gasteiger partial charge >= 0.3 is 0 Å². The molecule has 3 aliphatic heterocycles. The fraction of sp³-hybridized carbons (Fsp3) is 0.440. The lowest BCUT2D eigenvalue weighted by atomic mass is 9.98. The molecule has 5 rings (SSSR count). The largest absolute Gasteiger partial charge is 0.372 e. The van der Waals surface area contributed by atoms with E-state index in [2.05, 4.69) is 16.7 Å². The third-order valence-corrected chi connectivity index (χ3v) is 7.64. The highest BCUT2D eigenvalue weighted by molar-refractivity contribution is 7.11. The number of hydrogen-bond donors (Lipinski definition) is 0. The summed E-state index contributed by atoms with van der Waals surface area (Å²) in [6, 6.07) is 11.8. The summed E-state index contributed by atoms with van der Waals surface area (Å²) >= 11 is 1.52. The number of amides is 2. The van der Waals surface area contributed by atoms with Gasteiger partial charge in [0.15, 0.2) is 0 Å². The second-order valence-corrected chi connectivity index (χ2v) is 9.83. The molecule has 3 aliphatic rings. The zero-order chi connectivity index (χ0) is 21.4. The predicted molar refractivity (Wildman–Crippen MR) is 126 cm³/mol. The first-order chi connectivity index (χ1) is 15.1. The molecule has 6 heteroatoms. The van der Waals surface area contributed by atoms with Gasteiger partial charge in [0, 0.05) is 36.7 Å². The summed E-state index contributed by atoms with van der Waals surface area (Å²) in [6.07, 6.45) is 5.83. The van der Waals surface area contributed by atoms with Gasteiger partial charge in [-0.15, -0.1) is 11.3 Å². The summed E-state index contributed by atoms with van der Waals surface area (Å²) in [7, 11) is 0. The van der Waals surface area contributed by atoms with E-state index in [-0.39, 0.29) is 11.8 Å². The molecule has 1 aromatic heterocycles. The Bertz CT molecular complexity index is 982. The molecule has 2 aromatic rings. The molecule has 1 aromatic carbocycles. The van der Waals surface area contributed by atoms with E-state index in [0.717, 1.165) is 43.9 Å². The van der Waals surface area contributed by atoms with Gasteiger partial charge in [0.2, 0.25) is 0 Å². The van der Waals surface area contributed by atoms with Crippen molar-refractivity contribution in [3.05, 3.63) is 52.4 Å². The van der Waals surface area contributed by atoms with E-state index in [0.29, 0.717) is 22.9 Å². The molecule has 5 nitrogen and oxygen atoms in total. The predicted octanol–water partition coefficient (Wildman–Crippen LogP) is 4.75. The van der Waals surface area contributed by atoms with E-state index in [1.54, 1.807) is 0 Å². The summed E-state index contributed by atoms with van der Waals surface area (Å²) in [5.74, 6) is 0.271. The van der Waals surface area contributed by atoms with Crippen molar-refractivity contribution in [1.82, 2.24) is 4.90 Å². The summed E-state index contributed by atoms with van der Waals surface area (Å²) in [6.45, 7) is 6.05. The van der Waals surface area contributed by atoms with Gasteiger partial charge in [-0.2, -0.15) is 0 Å². The Morgan fingerprint density at radius 3 is 2.13 bits per heavy atom.